The molecular weight excluding hydrogens is 354 g/mol. The minimum atomic E-state index is -0.0842. The summed E-state index contributed by atoms with van der Waals surface area (Å²) in [5.74, 6) is 0.800. The van der Waals surface area contributed by atoms with Crippen LogP contribution in [0.2, 0.25) is 0 Å². The number of aromatic amines is 1. The lowest BCUT2D eigenvalue weighted by atomic mass is 9.88. The third-order valence-electron chi connectivity index (χ3n) is 6.63. The van der Waals surface area contributed by atoms with E-state index in [9.17, 15) is 4.79 Å². The van der Waals surface area contributed by atoms with Gasteiger partial charge < -0.3 is 19.4 Å². The zero-order chi connectivity index (χ0) is 19.0. The lowest BCUT2D eigenvalue weighted by Crippen LogP contribution is -2.58. The highest BCUT2D eigenvalue weighted by Crippen LogP contribution is 2.31. The van der Waals surface area contributed by atoms with Gasteiger partial charge in [-0.1, -0.05) is 0 Å². The molecule has 28 heavy (non-hydrogen) atoms. The van der Waals surface area contributed by atoms with Gasteiger partial charge in [0.05, 0.1) is 18.8 Å². The Morgan fingerprint density at radius 3 is 2.89 bits per heavy atom. The molecule has 1 N–H and O–H groups in total. The van der Waals surface area contributed by atoms with Gasteiger partial charge in [0.15, 0.2) is 0 Å². The molecule has 1 aromatic heterocycles. The molecule has 1 atom stereocenters. The maximum Gasteiger partial charge on any atom is 0.253 e. The Labute approximate surface area is 165 Å². The number of hydrogen-bond acceptors (Lipinski definition) is 4. The lowest BCUT2D eigenvalue weighted by Gasteiger charge is -2.47. The summed E-state index contributed by atoms with van der Waals surface area (Å²) in [5.41, 5.74) is 1.76. The predicted molar refractivity (Wildman–Crippen MR) is 107 cm³/mol. The number of rotatable bonds is 3. The molecule has 0 bridgehead atoms. The van der Waals surface area contributed by atoms with E-state index in [-0.39, 0.29) is 11.5 Å². The van der Waals surface area contributed by atoms with Crippen LogP contribution in [0.15, 0.2) is 30.5 Å². The summed E-state index contributed by atoms with van der Waals surface area (Å²) in [6.07, 6.45) is 4.93. The van der Waals surface area contributed by atoms with Crippen LogP contribution in [0.1, 0.15) is 29.6 Å². The minimum absolute atomic E-state index is 0.0842. The van der Waals surface area contributed by atoms with Crippen molar-refractivity contribution in [2.24, 2.45) is 5.92 Å². The average Bonchev–Trinajstić information content (AvgIpc) is 3.39. The van der Waals surface area contributed by atoms with Crippen LogP contribution in [0.25, 0.3) is 10.9 Å². The number of piperidine rings is 1. The molecule has 6 heteroatoms. The quantitative estimate of drug-likeness (QED) is 0.885. The van der Waals surface area contributed by atoms with Crippen LogP contribution in [0.4, 0.5) is 0 Å². The van der Waals surface area contributed by atoms with Gasteiger partial charge in [0.2, 0.25) is 0 Å². The first kappa shape index (κ1) is 18.2. The van der Waals surface area contributed by atoms with E-state index in [1.807, 2.05) is 35.4 Å². The molecule has 1 aromatic carbocycles. The first-order valence-electron chi connectivity index (χ1n) is 10.5. The van der Waals surface area contributed by atoms with Gasteiger partial charge in [-0.15, -0.1) is 0 Å². The number of aromatic nitrogens is 1. The molecule has 3 saturated heterocycles. The summed E-state index contributed by atoms with van der Waals surface area (Å²) < 4.78 is 11.8. The number of carbonyl (C=O) groups excluding carboxylic acids is 1. The number of amides is 1. The number of nitrogens with one attached hydrogen (secondary N) is 1. The Bertz CT molecular complexity index is 834. The van der Waals surface area contributed by atoms with Gasteiger partial charge in [0.1, 0.15) is 0 Å². The maximum absolute atomic E-state index is 13.0. The summed E-state index contributed by atoms with van der Waals surface area (Å²) >= 11 is 0. The number of fused-ring (bicyclic) bond motifs is 1. The van der Waals surface area contributed by atoms with Gasteiger partial charge in [-0.05, 0) is 49.4 Å². The van der Waals surface area contributed by atoms with Crippen LogP contribution in [0, 0.1) is 5.92 Å². The first-order chi connectivity index (χ1) is 13.7. The average molecular weight is 383 g/mol. The van der Waals surface area contributed by atoms with E-state index in [0.717, 1.165) is 81.9 Å². The molecule has 1 unspecified atom stereocenters. The van der Waals surface area contributed by atoms with E-state index < -0.39 is 0 Å². The summed E-state index contributed by atoms with van der Waals surface area (Å²) in [5, 5.41) is 1.08. The number of nitrogens with zero attached hydrogens (tertiary/aromatic N) is 2. The van der Waals surface area contributed by atoms with E-state index >= 15 is 0 Å². The third-order valence-corrected chi connectivity index (χ3v) is 6.63. The Morgan fingerprint density at radius 2 is 2.07 bits per heavy atom. The summed E-state index contributed by atoms with van der Waals surface area (Å²) in [4.78, 5) is 20.7. The van der Waals surface area contributed by atoms with Crippen LogP contribution >= 0.6 is 0 Å². The number of morpholine rings is 1. The van der Waals surface area contributed by atoms with Crippen molar-refractivity contribution in [2.75, 3.05) is 52.5 Å². The highest BCUT2D eigenvalue weighted by Gasteiger charge is 2.41. The molecule has 2 aromatic rings. The molecule has 3 fully saturated rings. The monoisotopic (exact) mass is 383 g/mol. The molecule has 4 heterocycles. The van der Waals surface area contributed by atoms with E-state index in [4.69, 9.17) is 9.47 Å². The normalized spacial score (nSPS) is 25.6. The van der Waals surface area contributed by atoms with Crippen molar-refractivity contribution in [3.05, 3.63) is 36.0 Å². The summed E-state index contributed by atoms with van der Waals surface area (Å²) in [6.45, 7) is 7.26. The zero-order valence-corrected chi connectivity index (χ0v) is 16.4. The number of ether oxygens (including phenoxy) is 2. The Morgan fingerprint density at radius 1 is 1.18 bits per heavy atom. The second-order valence-corrected chi connectivity index (χ2v) is 8.57. The number of benzene rings is 1. The van der Waals surface area contributed by atoms with Crippen LogP contribution < -0.4 is 0 Å². The van der Waals surface area contributed by atoms with Gasteiger partial charge in [-0.2, -0.15) is 0 Å². The second kappa shape index (κ2) is 7.50. The Kier molecular flexibility index (Phi) is 4.87. The number of hydrogen-bond donors (Lipinski definition) is 1. The van der Waals surface area contributed by atoms with Crippen LogP contribution in [0.3, 0.4) is 0 Å². The van der Waals surface area contributed by atoms with Crippen molar-refractivity contribution in [2.45, 2.75) is 24.9 Å². The largest absolute Gasteiger partial charge is 0.381 e. The molecule has 150 valence electrons. The molecule has 1 amide bonds. The molecule has 3 aliphatic rings. The molecule has 5 rings (SSSR count). The van der Waals surface area contributed by atoms with Crippen LogP contribution in [0.5, 0.6) is 0 Å². The SMILES string of the molecule is O=C(c1ccc2[nH]ccc2c1)N1CCC2(CC1)CN(CC1CCOC1)CCO2. The van der Waals surface area contributed by atoms with Crippen molar-refractivity contribution in [3.8, 4) is 0 Å². The van der Waals surface area contributed by atoms with Crippen molar-refractivity contribution in [1.29, 1.82) is 0 Å². The smallest absolute Gasteiger partial charge is 0.253 e. The van der Waals surface area contributed by atoms with Gasteiger partial charge in [-0.3, -0.25) is 9.69 Å². The topological polar surface area (TPSA) is 57.8 Å². The van der Waals surface area contributed by atoms with Crippen molar-refractivity contribution in [1.82, 2.24) is 14.8 Å². The minimum Gasteiger partial charge on any atom is -0.381 e. The lowest BCUT2D eigenvalue weighted by molar-refractivity contribution is -0.134. The highest BCUT2D eigenvalue weighted by atomic mass is 16.5. The molecule has 0 aliphatic carbocycles. The van der Waals surface area contributed by atoms with Crippen molar-refractivity contribution < 1.29 is 14.3 Å². The fraction of sp³-hybridized carbons (Fsp3) is 0.591. The second-order valence-electron chi connectivity index (χ2n) is 8.57. The third kappa shape index (κ3) is 3.56. The zero-order valence-electron chi connectivity index (χ0n) is 16.4. The van der Waals surface area contributed by atoms with E-state index in [2.05, 4.69) is 9.88 Å². The van der Waals surface area contributed by atoms with E-state index in [1.165, 1.54) is 6.42 Å². The number of H-pyrrole nitrogens is 1. The van der Waals surface area contributed by atoms with E-state index in [0.29, 0.717) is 5.92 Å². The highest BCUT2D eigenvalue weighted by molar-refractivity contribution is 5.98. The maximum atomic E-state index is 13.0. The molecule has 0 radical (unpaired) electrons. The van der Waals surface area contributed by atoms with Crippen molar-refractivity contribution in [3.63, 3.8) is 0 Å². The van der Waals surface area contributed by atoms with Gasteiger partial charge >= 0.3 is 0 Å². The number of likely N-dealkylation sites (tertiary alicyclic amines) is 1. The summed E-state index contributed by atoms with van der Waals surface area (Å²) in [7, 11) is 0. The molecule has 1 spiro atoms. The molecule has 0 saturated carbocycles. The van der Waals surface area contributed by atoms with Gasteiger partial charge in [0.25, 0.3) is 5.91 Å². The summed E-state index contributed by atoms with van der Waals surface area (Å²) in [6, 6.07) is 7.91. The van der Waals surface area contributed by atoms with Gasteiger partial charge in [0, 0.05) is 62.0 Å². The fourth-order valence-corrected chi connectivity index (χ4v) is 4.96. The fourth-order valence-electron chi connectivity index (χ4n) is 4.96. The molecule has 3 aliphatic heterocycles. The standard InChI is InChI=1S/C22H29N3O3/c26-21(19-1-2-20-18(13-19)3-7-23-20)25-8-5-22(6-9-25)16-24(10-12-28-22)14-17-4-11-27-15-17/h1-3,7,13,17,23H,4-6,8-12,14-16H2. The predicted octanol–water partition coefficient (Wildman–Crippen LogP) is 2.51. The van der Waals surface area contributed by atoms with Crippen LogP contribution in [-0.4, -0.2) is 78.8 Å². The molecular formula is C22H29N3O3. The van der Waals surface area contributed by atoms with Crippen molar-refractivity contribution >= 4 is 16.8 Å². The van der Waals surface area contributed by atoms with Gasteiger partial charge in [-0.25, -0.2) is 0 Å². The number of carbonyl (C=O) groups is 1. The van der Waals surface area contributed by atoms with Crippen LogP contribution in [-0.2, 0) is 9.47 Å². The Hall–Kier alpha value is -1.89. The van der Waals surface area contributed by atoms with E-state index in [1.54, 1.807) is 0 Å². The molecule has 6 nitrogen and oxygen atoms in total. The Balaban J connectivity index is 1.20. The first-order valence-corrected chi connectivity index (χ1v) is 10.5.